The lowest BCUT2D eigenvalue weighted by atomic mass is 10.1. The van der Waals surface area contributed by atoms with E-state index in [4.69, 9.17) is 4.74 Å². The minimum atomic E-state index is 0.00657. The molecule has 3 heterocycles. The quantitative estimate of drug-likeness (QED) is 0.794. The number of carbonyl (C=O) groups is 1. The van der Waals surface area contributed by atoms with Crippen LogP contribution >= 0.6 is 0 Å². The Hall–Kier alpha value is -1.89. The summed E-state index contributed by atoms with van der Waals surface area (Å²) in [5.41, 5.74) is 0. The van der Waals surface area contributed by atoms with Gasteiger partial charge in [-0.2, -0.15) is 0 Å². The number of carbonyl (C=O) groups excluding carboxylic acids is 1. The molecular formula is C12H17N5O2. The van der Waals surface area contributed by atoms with Crippen LogP contribution in [-0.4, -0.2) is 66.3 Å². The standard InChI is InChI=1S/C12H17N5O2/c18-12(16-3-5-19-6-4-16)15-10-8-17(9-10)11-7-13-1-2-14-11/h1-2,7,10H,3-6,8-9H2,(H,15,18). The van der Waals surface area contributed by atoms with E-state index in [-0.39, 0.29) is 12.1 Å². The number of ether oxygens (including phenoxy) is 1. The maximum absolute atomic E-state index is 12.0. The van der Waals surface area contributed by atoms with Crippen molar-refractivity contribution in [1.82, 2.24) is 20.2 Å². The fourth-order valence-electron chi connectivity index (χ4n) is 2.24. The third kappa shape index (κ3) is 2.76. The third-order valence-electron chi connectivity index (χ3n) is 3.38. The van der Waals surface area contributed by atoms with Crippen LogP contribution in [0.4, 0.5) is 10.6 Å². The van der Waals surface area contributed by atoms with E-state index in [1.807, 2.05) is 0 Å². The van der Waals surface area contributed by atoms with Crippen molar-refractivity contribution in [2.75, 3.05) is 44.3 Å². The Morgan fingerprint density at radius 2 is 2.11 bits per heavy atom. The van der Waals surface area contributed by atoms with Gasteiger partial charge < -0.3 is 19.9 Å². The maximum atomic E-state index is 12.0. The molecule has 3 rings (SSSR count). The first-order valence-corrected chi connectivity index (χ1v) is 6.47. The number of rotatable bonds is 2. The summed E-state index contributed by atoms with van der Waals surface area (Å²) in [7, 11) is 0. The fourth-order valence-corrected chi connectivity index (χ4v) is 2.24. The first kappa shape index (κ1) is 12.2. The van der Waals surface area contributed by atoms with Gasteiger partial charge in [-0.05, 0) is 0 Å². The van der Waals surface area contributed by atoms with Gasteiger partial charge in [-0.3, -0.25) is 4.98 Å². The summed E-state index contributed by atoms with van der Waals surface area (Å²) in [5.74, 6) is 0.861. The molecule has 0 aliphatic carbocycles. The second-order valence-corrected chi connectivity index (χ2v) is 4.71. The summed E-state index contributed by atoms with van der Waals surface area (Å²) in [6, 6.07) is 0.199. The van der Waals surface area contributed by atoms with Crippen LogP contribution in [-0.2, 0) is 4.74 Å². The monoisotopic (exact) mass is 263 g/mol. The SMILES string of the molecule is O=C(NC1CN(c2cnccn2)C1)N1CCOCC1. The zero-order valence-corrected chi connectivity index (χ0v) is 10.7. The van der Waals surface area contributed by atoms with Gasteiger partial charge in [0, 0.05) is 38.6 Å². The average molecular weight is 263 g/mol. The summed E-state index contributed by atoms with van der Waals surface area (Å²) < 4.78 is 5.22. The maximum Gasteiger partial charge on any atom is 0.317 e. The molecule has 102 valence electrons. The lowest BCUT2D eigenvalue weighted by molar-refractivity contribution is 0.0522. The molecule has 19 heavy (non-hydrogen) atoms. The minimum absolute atomic E-state index is 0.00657. The highest BCUT2D eigenvalue weighted by Crippen LogP contribution is 2.16. The van der Waals surface area contributed by atoms with Gasteiger partial charge in [0.25, 0.3) is 0 Å². The fraction of sp³-hybridized carbons (Fsp3) is 0.583. The molecule has 0 radical (unpaired) electrons. The van der Waals surface area contributed by atoms with Gasteiger partial charge in [0.2, 0.25) is 0 Å². The lowest BCUT2D eigenvalue weighted by Crippen LogP contribution is -2.62. The Morgan fingerprint density at radius 1 is 1.32 bits per heavy atom. The number of anilines is 1. The van der Waals surface area contributed by atoms with E-state index in [1.54, 1.807) is 23.5 Å². The van der Waals surface area contributed by atoms with Crippen molar-refractivity contribution in [3.8, 4) is 0 Å². The molecule has 1 aromatic heterocycles. The predicted molar refractivity (Wildman–Crippen MR) is 69.0 cm³/mol. The number of amides is 2. The van der Waals surface area contributed by atoms with Gasteiger partial charge in [-0.1, -0.05) is 0 Å². The van der Waals surface area contributed by atoms with Crippen LogP contribution in [0.1, 0.15) is 0 Å². The van der Waals surface area contributed by atoms with Crippen LogP contribution in [0, 0.1) is 0 Å². The summed E-state index contributed by atoms with van der Waals surface area (Å²) in [4.78, 5) is 24.1. The van der Waals surface area contributed by atoms with Crippen LogP contribution in [0.25, 0.3) is 0 Å². The summed E-state index contributed by atoms with van der Waals surface area (Å²) in [5, 5.41) is 3.03. The molecule has 2 amide bonds. The Labute approximate surface area is 111 Å². The van der Waals surface area contributed by atoms with Gasteiger partial charge in [0.1, 0.15) is 5.82 Å². The van der Waals surface area contributed by atoms with E-state index in [9.17, 15) is 4.79 Å². The molecule has 0 bridgehead atoms. The molecule has 1 aromatic rings. The van der Waals surface area contributed by atoms with E-state index in [2.05, 4.69) is 20.2 Å². The van der Waals surface area contributed by atoms with Crippen LogP contribution in [0.5, 0.6) is 0 Å². The Bertz CT molecular complexity index is 429. The molecule has 2 saturated heterocycles. The van der Waals surface area contributed by atoms with Crippen molar-refractivity contribution < 1.29 is 9.53 Å². The Balaban J connectivity index is 1.45. The highest BCUT2D eigenvalue weighted by molar-refractivity contribution is 5.75. The van der Waals surface area contributed by atoms with Crippen molar-refractivity contribution in [2.45, 2.75) is 6.04 Å². The third-order valence-corrected chi connectivity index (χ3v) is 3.38. The van der Waals surface area contributed by atoms with E-state index >= 15 is 0 Å². The molecule has 2 fully saturated rings. The summed E-state index contributed by atoms with van der Waals surface area (Å²) in [6.07, 6.45) is 5.07. The molecule has 2 aliphatic heterocycles. The Kier molecular flexibility index (Phi) is 3.45. The second kappa shape index (κ2) is 5.40. The first-order chi connectivity index (χ1) is 9.33. The van der Waals surface area contributed by atoms with E-state index < -0.39 is 0 Å². The topological polar surface area (TPSA) is 70.6 Å². The molecule has 1 N–H and O–H groups in total. The van der Waals surface area contributed by atoms with Crippen molar-refractivity contribution >= 4 is 11.8 Å². The van der Waals surface area contributed by atoms with Crippen molar-refractivity contribution in [3.63, 3.8) is 0 Å². The van der Waals surface area contributed by atoms with Crippen molar-refractivity contribution in [3.05, 3.63) is 18.6 Å². The molecular weight excluding hydrogens is 246 g/mol. The molecule has 7 heteroatoms. The number of nitrogens with one attached hydrogen (secondary N) is 1. The highest BCUT2D eigenvalue weighted by Gasteiger charge is 2.30. The van der Waals surface area contributed by atoms with Crippen LogP contribution in [0.3, 0.4) is 0 Å². The van der Waals surface area contributed by atoms with Gasteiger partial charge in [0.05, 0.1) is 25.5 Å². The molecule has 0 unspecified atom stereocenters. The molecule has 0 atom stereocenters. The summed E-state index contributed by atoms with van der Waals surface area (Å²) in [6.45, 7) is 4.18. The predicted octanol–water partition coefficient (Wildman–Crippen LogP) is -0.293. The van der Waals surface area contributed by atoms with Crippen LogP contribution < -0.4 is 10.2 Å². The average Bonchev–Trinajstić information content (AvgIpc) is 2.44. The highest BCUT2D eigenvalue weighted by atomic mass is 16.5. The zero-order chi connectivity index (χ0) is 13.1. The zero-order valence-electron chi connectivity index (χ0n) is 10.7. The van der Waals surface area contributed by atoms with Crippen LogP contribution in [0.2, 0.25) is 0 Å². The number of hydrogen-bond acceptors (Lipinski definition) is 5. The summed E-state index contributed by atoms with van der Waals surface area (Å²) >= 11 is 0. The van der Waals surface area contributed by atoms with E-state index in [0.717, 1.165) is 18.9 Å². The van der Waals surface area contributed by atoms with Gasteiger partial charge in [0.15, 0.2) is 0 Å². The number of morpholine rings is 1. The largest absolute Gasteiger partial charge is 0.378 e. The number of urea groups is 1. The Morgan fingerprint density at radius 3 is 2.79 bits per heavy atom. The van der Waals surface area contributed by atoms with Gasteiger partial charge >= 0.3 is 6.03 Å². The normalized spacial score (nSPS) is 20.0. The molecule has 0 saturated carbocycles. The van der Waals surface area contributed by atoms with Crippen LogP contribution in [0.15, 0.2) is 18.6 Å². The minimum Gasteiger partial charge on any atom is -0.378 e. The molecule has 0 spiro atoms. The van der Waals surface area contributed by atoms with Crippen molar-refractivity contribution in [1.29, 1.82) is 0 Å². The molecule has 7 nitrogen and oxygen atoms in total. The second-order valence-electron chi connectivity index (χ2n) is 4.71. The number of hydrogen-bond donors (Lipinski definition) is 1. The number of aromatic nitrogens is 2. The molecule has 0 aromatic carbocycles. The van der Waals surface area contributed by atoms with Crippen molar-refractivity contribution in [2.24, 2.45) is 0 Å². The van der Waals surface area contributed by atoms with Gasteiger partial charge in [-0.25, -0.2) is 9.78 Å². The van der Waals surface area contributed by atoms with E-state index in [0.29, 0.717) is 26.3 Å². The van der Waals surface area contributed by atoms with Gasteiger partial charge in [-0.15, -0.1) is 0 Å². The first-order valence-electron chi connectivity index (χ1n) is 6.47. The smallest absolute Gasteiger partial charge is 0.317 e. The molecule has 2 aliphatic rings. The lowest BCUT2D eigenvalue weighted by Gasteiger charge is -2.41. The van der Waals surface area contributed by atoms with E-state index in [1.165, 1.54) is 0 Å². The number of nitrogens with zero attached hydrogens (tertiary/aromatic N) is 4.